The largest absolute Gasteiger partial charge is 0.453 e. The molecule has 1 saturated carbocycles. The van der Waals surface area contributed by atoms with Gasteiger partial charge in [0.1, 0.15) is 11.6 Å². The second-order valence-electron chi connectivity index (χ2n) is 8.39. The number of nitrogens with one attached hydrogen (secondary N) is 2. The molecule has 0 spiro atoms. The highest BCUT2D eigenvalue weighted by atomic mass is 32.1. The summed E-state index contributed by atoms with van der Waals surface area (Å²) in [4.78, 5) is 24.5. The zero-order valence-electron chi connectivity index (χ0n) is 18.5. The van der Waals surface area contributed by atoms with Crippen LogP contribution in [0.4, 0.5) is 32.3 Å². The molecule has 1 aromatic carbocycles. The van der Waals surface area contributed by atoms with E-state index in [0.717, 1.165) is 28.9 Å². The Morgan fingerprint density at radius 1 is 1.15 bits per heavy atom. The van der Waals surface area contributed by atoms with Crippen LogP contribution in [0.5, 0.6) is 0 Å². The number of methoxy groups -OCH3 is 1. The predicted molar refractivity (Wildman–Crippen MR) is 129 cm³/mol. The van der Waals surface area contributed by atoms with E-state index >= 15 is 0 Å². The second kappa shape index (κ2) is 9.38. The van der Waals surface area contributed by atoms with E-state index in [-0.39, 0.29) is 11.9 Å². The number of aromatic nitrogens is 2. The molecule has 1 aliphatic heterocycles. The summed E-state index contributed by atoms with van der Waals surface area (Å²) in [7, 11) is 1.37. The molecule has 0 atom stereocenters. The molecule has 1 aliphatic carbocycles. The summed E-state index contributed by atoms with van der Waals surface area (Å²) < 4.78 is 20.8. The number of carbonyl (C=O) groups excluding carboxylic acids is 1. The molecule has 1 saturated heterocycles. The lowest BCUT2D eigenvalue weighted by molar-refractivity contribution is 0.121. The van der Waals surface area contributed by atoms with Crippen LogP contribution in [0.15, 0.2) is 29.6 Å². The smallest absolute Gasteiger partial charge is 0.409 e. The minimum Gasteiger partial charge on any atom is -0.453 e. The third-order valence-corrected chi connectivity index (χ3v) is 7.17. The Labute approximate surface area is 195 Å². The molecule has 5 rings (SSSR count). The Balaban J connectivity index is 1.31. The highest BCUT2D eigenvalue weighted by Crippen LogP contribution is 2.32. The van der Waals surface area contributed by atoms with Crippen molar-refractivity contribution in [2.24, 2.45) is 0 Å². The molecular weight excluding hydrogens is 443 g/mol. The molecule has 0 bridgehead atoms. The summed E-state index contributed by atoms with van der Waals surface area (Å²) in [6.45, 7) is 2.09. The number of amides is 1. The zero-order valence-corrected chi connectivity index (χ0v) is 19.3. The van der Waals surface area contributed by atoms with Crippen molar-refractivity contribution in [1.29, 1.82) is 0 Å². The molecule has 2 aromatic heterocycles. The lowest BCUT2D eigenvalue weighted by Crippen LogP contribution is -2.49. The van der Waals surface area contributed by atoms with Gasteiger partial charge in [-0.1, -0.05) is 12.8 Å². The molecule has 0 radical (unpaired) electrons. The van der Waals surface area contributed by atoms with E-state index in [4.69, 9.17) is 9.72 Å². The number of hydrogen-bond acceptors (Lipinski definition) is 8. The number of nitrogens with zero attached hydrogens (tertiary/aromatic N) is 4. The standard InChI is InChI=1S/C23H27FN6O2S/c1-32-23(31)30-11-9-29(10-12-30)19-7-6-16(14-17(19)24)26-22-27-18-8-13-33-20(18)21(28-22)25-15-4-2-3-5-15/h6-8,13-15H,2-5,9-12H2,1H3,(H2,25,26,27,28). The van der Waals surface area contributed by atoms with Crippen LogP contribution in [0.2, 0.25) is 0 Å². The maximum atomic E-state index is 15.0. The number of rotatable bonds is 5. The monoisotopic (exact) mass is 470 g/mol. The van der Waals surface area contributed by atoms with Crippen LogP contribution in [-0.2, 0) is 4.74 Å². The molecule has 2 N–H and O–H groups in total. The Morgan fingerprint density at radius 3 is 2.67 bits per heavy atom. The minimum atomic E-state index is -0.348. The van der Waals surface area contributed by atoms with Crippen molar-refractivity contribution in [2.75, 3.05) is 48.8 Å². The van der Waals surface area contributed by atoms with Gasteiger partial charge in [0, 0.05) is 37.9 Å². The Bertz CT molecular complexity index is 1140. The van der Waals surface area contributed by atoms with Gasteiger partial charge in [-0.05, 0) is 42.5 Å². The van der Waals surface area contributed by atoms with Crippen LogP contribution in [0, 0.1) is 5.82 Å². The lowest BCUT2D eigenvalue weighted by Gasteiger charge is -2.35. The minimum absolute atomic E-state index is 0.326. The van der Waals surface area contributed by atoms with Gasteiger partial charge in [-0.15, -0.1) is 11.3 Å². The summed E-state index contributed by atoms with van der Waals surface area (Å²) in [6, 6.07) is 7.47. The van der Waals surface area contributed by atoms with Crippen molar-refractivity contribution in [3.05, 3.63) is 35.5 Å². The van der Waals surface area contributed by atoms with Crippen LogP contribution >= 0.6 is 11.3 Å². The second-order valence-corrected chi connectivity index (χ2v) is 9.31. The SMILES string of the molecule is COC(=O)N1CCN(c2ccc(Nc3nc(NC4CCCC4)c4sccc4n3)cc2F)CC1. The van der Waals surface area contributed by atoms with Crippen molar-refractivity contribution in [2.45, 2.75) is 31.7 Å². The molecule has 33 heavy (non-hydrogen) atoms. The molecule has 1 amide bonds. The van der Waals surface area contributed by atoms with E-state index < -0.39 is 0 Å². The quantitative estimate of drug-likeness (QED) is 0.553. The number of hydrogen-bond donors (Lipinski definition) is 2. The fraction of sp³-hybridized carbons (Fsp3) is 0.435. The van der Waals surface area contributed by atoms with Crippen molar-refractivity contribution in [1.82, 2.24) is 14.9 Å². The third-order valence-electron chi connectivity index (χ3n) is 6.26. The molecule has 2 fully saturated rings. The number of piperazine rings is 1. The van der Waals surface area contributed by atoms with Crippen LogP contribution < -0.4 is 15.5 Å². The van der Waals surface area contributed by atoms with Gasteiger partial charge in [0.2, 0.25) is 5.95 Å². The number of fused-ring (bicyclic) bond motifs is 1. The van der Waals surface area contributed by atoms with Gasteiger partial charge in [0.05, 0.1) is 23.0 Å². The van der Waals surface area contributed by atoms with E-state index in [0.29, 0.717) is 49.5 Å². The maximum Gasteiger partial charge on any atom is 0.409 e. The highest BCUT2D eigenvalue weighted by molar-refractivity contribution is 7.17. The van der Waals surface area contributed by atoms with Crippen molar-refractivity contribution < 1.29 is 13.9 Å². The average Bonchev–Trinajstić information content (AvgIpc) is 3.51. The van der Waals surface area contributed by atoms with Crippen molar-refractivity contribution in [3.63, 3.8) is 0 Å². The first kappa shape index (κ1) is 21.7. The van der Waals surface area contributed by atoms with Gasteiger partial charge in [-0.3, -0.25) is 0 Å². The Hall–Kier alpha value is -3.14. The van der Waals surface area contributed by atoms with E-state index in [1.807, 2.05) is 22.4 Å². The molecule has 3 aromatic rings. The van der Waals surface area contributed by atoms with Gasteiger partial charge in [0.15, 0.2) is 0 Å². The molecule has 0 unspecified atom stereocenters. The number of halogens is 1. The first-order valence-electron chi connectivity index (χ1n) is 11.3. The summed E-state index contributed by atoms with van der Waals surface area (Å²) in [5, 5.41) is 8.75. The molecule has 174 valence electrons. The summed E-state index contributed by atoms with van der Waals surface area (Å²) in [5.41, 5.74) is 1.98. The number of ether oxygens (including phenoxy) is 1. The Kier molecular flexibility index (Phi) is 6.17. The first-order valence-corrected chi connectivity index (χ1v) is 12.1. The van der Waals surface area contributed by atoms with Gasteiger partial charge in [-0.25, -0.2) is 14.2 Å². The van der Waals surface area contributed by atoms with E-state index in [9.17, 15) is 9.18 Å². The van der Waals surface area contributed by atoms with Crippen LogP contribution in [0.25, 0.3) is 10.2 Å². The van der Waals surface area contributed by atoms with Crippen LogP contribution in [0.3, 0.4) is 0 Å². The normalized spacial score (nSPS) is 16.9. The first-order chi connectivity index (χ1) is 16.1. The third kappa shape index (κ3) is 4.66. The summed E-state index contributed by atoms with van der Waals surface area (Å²) >= 11 is 1.62. The van der Waals surface area contributed by atoms with Crippen LogP contribution in [-0.4, -0.2) is 60.3 Å². The van der Waals surface area contributed by atoms with Gasteiger partial charge in [-0.2, -0.15) is 4.98 Å². The van der Waals surface area contributed by atoms with Gasteiger partial charge >= 0.3 is 6.09 Å². The Morgan fingerprint density at radius 2 is 1.94 bits per heavy atom. The fourth-order valence-corrected chi connectivity index (χ4v) is 5.29. The van der Waals surface area contributed by atoms with Crippen LogP contribution in [0.1, 0.15) is 25.7 Å². The average molecular weight is 471 g/mol. The fourth-order valence-electron chi connectivity index (χ4n) is 4.51. The number of anilines is 4. The van der Waals surface area contributed by atoms with E-state index in [1.54, 1.807) is 22.3 Å². The number of carbonyl (C=O) groups is 1. The lowest BCUT2D eigenvalue weighted by atomic mass is 10.2. The molecule has 3 heterocycles. The number of benzene rings is 1. The number of thiophene rings is 1. The van der Waals surface area contributed by atoms with E-state index in [1.165, 1.54) is 26.0 Å². The summed E-state index contributed by atoms with van der Waals surface area (Å²) in [5.74, 6) is 0.956. The topological polar surface area (TPSA) is 82.6 Å². The molecule has 10 heteroatoms. The van der Waals surface area contributed by atoms with Gasteiger partial charge in [0.25, 0.3) is 0 Å². The summed E-state index contributed by atoms with van der Waals surface area (Å²) in [6.07, 6.45) is 4.44. The zero-order chi connectivity index (χ0) is 22.8. The predicted octanol–water partition coefficient (Wildman–Crippen LogP) is 4.82. The van der Waals surface area contributed by atoms with Crippen molar-refractivity contribution >= 4 is 50.8 Å². The highest BCUT2D eigenvalue weighted by Gasteiger charge is 2.23. The molecular formula is C23H27FN6O2S. The van der Waals surface area contributed by atoms with Crippen molar-refractivity contribution in [3.8, 4) is 0 Å². The van der Waals surface area contributed by atoms with Gasteiger partial charge < -0.3 is 25.2 Å². The van der Waals surface area contributed by atoms with E-state index in [2.05, 4.69) is 15.6 Å². The molecule has 2 aliphatic rings. The molecule has 8 nitrogen and oxygen atoms in total. The maximum absolute atomic E-state index is 15.0.